The van der Waals surface area contributed by atoms with E-state index in [-0.39, 0.29) is 6.42 Å². The van der Waals surface area contributed by atoms with Gasteiger partial charge in [-0.3, -0.25) is 0 Å². The molecule has 0 aromatic heterocycles. The fraction of sp³-hybridized carbons (Fsp3) is 0.200. The lowest BCUT2D eigenvalue weighted by atomic mass is 10.0. The van der Waals surface area contributed by atoms with Crippen LogP contribution >= 0.6 is 0 Å². The second-order valence-electron chi connectivity index (χ2n) is 4.59. The first-order valence-electron chi connectivity index (χ1n) is 6.19. The minimum absolute atomic E-state index is 0.0267. The van der Waals surface area contributed by atoms with Crippen LogP contribution in [0.4, 0.5) is 30.7 Å². The summed E-state index contributed by atoms with van der Waals surface area (Å²) in [5.74, 6) is -8.87. The van der Waals surface area contributed by atoms with Crippen LogP contribution in [0.5, 0.6) is 0 Å². The molecule has 2 rings (SSSR count). The van der Waals surface area contributed by atoms with Gasteiger partial charge in [-0.1, -0.05) is 30.3 Å². The van der Waals surface area contributed by atoms with Crippen LogP contribution in [0.25, 0.3) is 0 Å². The molecule has 0 unspecified atom stereocenters. The highest BCUT2D eigenvalue weighted by Gasteiger charge is 2.42. The molecule has 0 spiro atoms. The molecule has 0 fully saturated rings. The lowest BCUT2D eigenvalue weighted by Crippen LogP contribution is -2.17. The number of aryl methyl sites for hydroxylation is 1. The maximum Gasteiger partial charge on any atom is 0.422 e. The molecular formula is C15H9F7. The van der Waals surface area contributed by atoms with Crippen LogP contribution < -0.4 is 0 Å². The zero-order valence-electron chi connectivity index (χ0n) is 10.9. The normalized spacial score (nSPS) is 11.8. The van der Waals surface area contributed by atoms with Crippen LogP contribution in [0.3, 0.4) is 0 Å². The highest BCUT2D eigenvalue weighted by Crippen LogP contribution is 2.37. The van der Waals surface area contributed by atoms with Gasteiger partial charge in [-0.05, 0) is 18.4 Å². The van der Waals surface area contributed by atoms with Gasteiger partial charge in [-0.2, -0.15) is 13.2 Å². The quantitative estimate of drug-likeness (QED) is 0.548. The van der Waals surface area contributed by atoms with Crippen molar-refractivity contribution in [1.29, 1.82) is 0 Å². The van der Waals surface area contributed by atoms with E-state index in [0.717, 1.165) is 0 Å². The minimum atomic E-state index is -5.52. The van der Waals surface area contributed by atoms with Crippen LogP contribution in [-0.2, 0) is 19.0 Å². The van der Waals surface area contributed by atoms with Crippen molar-refractivity contribution in [3.63, 3.8) is 0 Å². The van der Waals surface area contributed by atoms with Gasteiger partial charge in [-0.25, -0.2) is 17.6 Å². The van der Waals surface area contributed by atoms with Crippen molar-refractivity contribution in [2.75, 3.05) is 0 Å². The Kier molecular flexibility index (Phi) is 4.44. The van der Waals surface area contributed by atoms with Crippen molar-refractivity contribution >= 4 is 0 Å². The number of hydrogen-bond donors (Lipinski definition) is 0. The molecule has 0 radical (unpaired) electrons. The molecule has 22 heavy (non-hydrogen) atoms. The zero-order valence-corrected chi connectivity index (χ0v) is 10.9. The molecule has 0 amide bonds. The zero-order chi connectivity index (χ0) is 16.5. The Labute approximate surface area is 121 Å². The summed E-state index contributed by atoms with van der Waals surface area (Å²) in [6, 6.07) is 8.23. The van der Waals surface area contributed by atoms with Gasteiger partial charge >= 0.3 is 6.18 Å². The second kappa shape index (κ2) is 5.98. The van der Waals surface area contributed by atoms with Gasteiger partial charge in [0.25, 0.3) is 0 Å². The van der Waals surface area contributed by atoms with Crippen LogP contribution in [-0.4, -0.2) is 0 Å². The van der Waals surface area contributed by atoms with Crippen LogP contribution in [0, 0.1) is 23.3 Å². The van der Waals surface area contributed by atoms with E-state index in [9.17, 15) is 30.7 Å². The third-order valence-corrected chi connectivity index (χ3v) is 3.14. The van der Waals surface area contributed by atoms with Crippen LogP contribution in [0.2, 0.25) is 0 Å². The molecule has 118 valence electrons. The maximum atomic E-state index is 13.7. The molecule has 2 aromatic rings. The first-order chi connectivity index (χ1) is 10.2. The van der Waals surface area contributed by atoms with Crippen molar-refractivity contribution in [3.05, 3.63) is 70.3 Å². The van der Waals surface area contributed by atoms with Gasteiger partial charge in [0, 0.05) is 5.56 Å². The summed E-state index contributed by atoms with van der Waals surface area (Å²) in [5.41, 5.74) is -2.96. The lowest BCUT2D eigenvalue weighted by Gasteiger charge is -2.14. The first kappa shape index (κ1) is 16.3. The molecule has 0 saturated heterocycles. The predicted molar refractivity (Wildman–Crippen MR) is 65.1 cm³/mol. The molecule has 7 heteroatoms. The SMILES string of the molecule is Fc1c(F)c(C(F)(F)F)c(F)c(F)c1CCc1ccccc1. The molecule has 0 heterocycles. The van der Waals surface area contributed by atoms with Crippen LogP contribution in [0.1, 0.15) is 16.7 Å². The van der Waals surface area contributed by atoms with Gasteiger partial charge in [0.1, 0.15) is 5.56 Å². The summed E-state index contributed by atoms with van der Waals surface area (Å²) in [7, 11) is 0. The van der Waals surface area contributed by atoms with Crippen molar-refractivity contribution < 1.29 is 30.7 Å². The number of hydrogen-bond acceptors (Lipinski definition) is 0. The lowest BCUT2D eigenvalue weighted by molar-refractivity contribution is -0.143. The molecular weight excluding hydrogens is 313 g/mol. The van der Waals surface area contributed by atoms with Crippen molar-refractivity contribution in [3.8, 4) is 0 Å². The minimum Gasteiger partial charge on any atom is -0.203 e. The Morgan fingerprint density at radius 3 is 1.64 bits per heavy atom. The van der Waals surface area contributed by atoms with E-state index in [1.807, 2.05) is 0 Å². The molecule has 0 atom stereocenters. The van der Waals surface area contributed by atoms with Gasteiger partial charge in [-0.15, -0.1) is 0 Å². The first-order valence-corrected chi connectivity index (χ1v) is 6.19. The van der Waals surface area contributed by atoms with E-state index in [2.05, 4.69) is 0 Å². The summed E-state index contributed by atoms with van der Waals surface area (Å²) in [5, 5.41) is 0. The molecule has 2 aromatic carbocycles. The number of alkyl halides is 3. The largest absolute Gasteiger partial charge is 0.422 e. The van der Waals surface area contributed by atoms with Gasteiger partial charge in [0.15, 0.2) is 23.3 Å². The Morgan fingerprint density at radius 2 is 1.18 bits per heavy atom. The Morgan fingerprint density at radius 1 is 0.682 bits per heavy atom. The molecule has 0 saturated carbocycles. The second-order valence-corrected chi connectivity index (χ2v) is 4.59. The molecule has 0 bridgehead atoms. The monoisotopic (exact) mass is 322 g/mol. The number of halogens is 7. The highest BCUT2D eigenvalue weighted by atomic mass is 19.4. The molecule has 0 aliphatic carbocycles. The van der Waals surface area contributed by atoms with E-state index >= 15 is 0 Å². The Bertz CT molecular complexity index is 646. The number of rotatable bonds is 3. The standard InChI is InChI=1S/C15H9F7/c16-11-9(7-6-8-4-2-1-3-5-8)12(17)14(19)10(13(11)18)15(20,21)22/h1-5H,6-7H2. The smallest absolute Gasteiger partial charge is 0.203 e. The summed E-state index contributed by atoms with van der Waals surface area (Å²) in [4.78, 5) is 0. The van der Waals surface area contributed by atoms with E-state index in [1.165, 1.54) is 0 Å². The van der Waals surface area contributed by atoms with Crippen molar-refractivity contribution in [2.24, 2.45) is 0 Å². The molecule has 0 aliphatic rings. The van der Waals surface area contributed by atoms with E-state index in [0.29, 0.717) is 5.56 Å². The Hall–Kier alpha value is -2.05. The fourth-order valence-corrected chi connectivity index (χ4v) is 2.06. The molecule has 0 N–H and O–H groups in total. The molecule has 0 aliphatic heterocycles. The van der Waals surface area contributed by atoms with Gasteiger partial charge < -0.3 is 0 Å². The number of benzene rings is 2. The predicted octanol–water partition coefficient (Wildman–Crippen LogP) is 5.05. The van der Waals surface area contributed by atoms with Crippen LogP contribution in [0.15, 0.2) is 30.3 Å². The highest BCUT2D eigenvalue weighted by molar-refractivity contribution is 5.32. The summed E-state index contributed by atoms with van der Waals surface area (Å²) >= 11 is 0. The third kappa shape index (κ3) is 3.08. The Balaban J connectivity index is 2.42. The maximum absolute atomic E-state index is 13.7. The van der Waals surface area contributed by atoms with E-state index in [4.69, 9.17) is 0 Å². The average molecular weight is 322 g/mol. The van der Waals surface area contributed by atoms with Gasteiger partial charge in [0.05, 0.1) is 0 Å². The average Bonchev–Trinajstić information content (AvgIpc) is 2.45. The van der Waals surface area contributed by atoms with Crippen molar-refractivity contribution in [2.45, 2.75) is 19.0 Å². The third-order valence-electron chi connectivity index (χ3n) is 3.14. The topological polar surface area (TPSA) is 0 Å². The van der Waals surface area contributed by atoms with Crippen molar-refractivity contribution in [1.82, 2.24) is 0 Å². The van der Waals surface area contributed by atoms with Gasteiger partial charge in [0.2, 0.25) is 0 Å². The fourth-order valence-electron chi connectivity index (χ4n) is 2.06. The van der Waals surface area contributed by atoms with E-state index in [1.54, 1.807) is 30.3 Å². The summed E-state index contributed by atoms with van der Waals surface area (Å²) in [6.07, 6.45) is -5.96. The summed E-state index contributed by atoms with van der Waals surface area (Å²) in [6.45, 7) is 0. The summed E-state index contributed by atoms with van der Waals surface area (Å²) < 4.78 is 91.5. The molecule has 0 nitrogen and oxygen atoms in total. The van der Waals surface area contributed by atoms with E-state index < -0.39 is 47.0 Å².